The average Bonchev–Trinajstić information content (AvgIpc) is 2.28. The smallest absolute Gasteiger partial charge is 0.0615 e. The minimum atomic E-state index is 0.432. The largest absolute Gasteiger partial charge is 0.383 e. The molecule has 3 heteroatoms. The summed E-state index contributed by atoms with van der Waals surface area (Å²) in [6, 6.07) is 6.47. The van der Waals surface area contributed by atoms with E-state index in [-0.39, 0.29) is 0 Å². The van der Waals surface area contributed by atoms with Gasteiger partial charge in [0.2, 0.25) is 0 Å². The van der Waals surface area contributed by atoms with Crippen molar-refractivity contribution in [3.05, 3.63) is 30.1 Å². The molecule has 0 bridgehead atoms. The molecule has 3 nitrogen and oxygen atoms in total. The van der Waals surface area contributed by atoms with E-state index in [0.717, 1.165) is 31.7 Å². The van der Waals surface area contributed by atoms with Crippen LogP contribution in [0.1, 0.15) is 19.0 Å². The summed E-state index contributed by atoms with van der Waals surface area (Å²) in [7, 11) is 1.74. The van der Waals surface area contributed by atoms with Gasteiger partial charge < -0.3 is 10.1 Å². The van der Waals surface area contributed by atoms with Crippen molar-refractivity contribution in [2.45, 2.75) is 25.8 Å². The first-order chi connectivity index (χ1) is 7.36. The molecule has 1 atom stereocenters. The average molecular weight is 208 g/mol. The molecule has 0 spiro atoms. The number of pyridine rings is 1. The van der Waals surface area contributed by atoms with Gasteiger partial charge in [-0.05, 0) is 31.5 Å². The molecule has 0 aliphatic carbocycles. The van der Waals surface area contributed by atoms with Gasteiger partial charge >= 0.3 is 0 Å². The number of aryl methyl sites for hydroxylation is 1. The molecular formula is C12H20N2O. The Hall–Kier alpha value is -0.930. The van der Waals surface area contributed by atoms with E-state index in [1.807, 2.05) is 18.3 Å². The highest BCUT2D eigenvalue weighted by atomic mass is 16.5. The summed E-state index contributed by atoms with van der Waals surface area (Å²) in [5, 5.41) is 3.40. The summed E-state index contributed by atoms with van der Waals surface area (Å²) in [5.41, 5.74) is 1.15. The molecule has 0 saturated heterocycles. The van der Waals surface area contributed by atoms with E-state index in [1.165, 1.54) is 0 Å². The molecule has 84 valence electrons. The summed E-state index contributed by atoms with van der Waals surface area (Å²) in [6.45, 7) is 3.86. The van der Waals surface area contributed by atoms with Crippen LogP contribution in [0, 0.1) is 0 Å². The van der Waals surface area contributed by atoms with Crippen molar-refractivity contribution in [1.82, 2.24) is 10.3 Å². The van der Waals surface area contributed by atoms with Crippen molar-refractivity contribution < 1.29 is 4.74 Å². The van der Waals surface area contributed by atoms with Crippen molar-refractivity contribution in [3.8, 4) is 0 Å². The zero-order valence-electron chi connectivity index (χ0n) is 9.57. The Morgan fingerprint density at radius 1 is 1.47 bits per heavy atom. The predicted molar refractivity (Wildman–Crippen MR) is 61.9 cm³/mol. The summed E-state index contributed by atoms with van der Waals surface area (Å²) in [6.07, 6.45) is 3.91. The minimum Gasteiger partial charge on any atom is -0.383 e. The zero-order chi connectivity index (χ0) is 10.9. The van der Waals surface area contributed by atoms with Crippen molar-refractivity contribution in [3.63, 3.8) is 0 Å². The molecule has 0 fully saturated rings. The highest BCUT2D eigenvalue weighted by Gasteiger charge is 2.06. The normalized spacial score (nSPS) is 12.7. The van der Waals surface area contributed by atoms with E-state index in [2.05, 4.69) is 23.3 Å². The van der Waals surface area contributed by atoms with Gasteiger partial charge in [0.15, 0.2) is 0 Å². The fourth-order valence-electron chi connectivity index (χ4n) is 1.60. The fourth-order valence-corrected chi connectivity index (χ4v) is 1.60. The Bertz CT molecular complexity index is 245. The Morgan fingerprint density at radius 3 is 2.93 bits per heavy atom. The van der Waals surface area contributed by atoms with E-state index in [1.54, 1.807) is 7.11 Å². The molecule has 1 rings (SSSR count). The number of nitrogens with zero attached hydrogens (tertiary/aromatic N) is 1. The number of hydrogen-bond donors (Lipinski definition) is 1. The number of methoxy groups -OCH3 is 1. The third kappa shape index (κ3) is 4.91. The van der Waals surface area contributed by atoms with Crippen molar-refractivity contribution in [2.75, 3.05) is 20.3 Å². The molecule has 1 unspecified atom stereocenters. The molecule has 0 amide bonds. The predicted octanol–water partition coefficient (Wildman–Crippen LogP) is 1.64. The van der Waals surface area contributed by atoms with Crippen LogP contribution in [-0.2, 0) is 11.2 Å². The van der Waals surface area contributed by atoms with Crippen LogP contribution < -0.4 is 5.32 Å². The second-order valence-electron chi connectivity index (χ2n) is 3.57. The quantitative estimate of drug-likeness (QED) is 0.739. The first-order valence-corrected chi connectivity index (χ1v) is 5.49. The highest BCUT2D eigenvalue weighted by Crippen LogP contribution is 2.02. The molecule has 0 aromatic carbocycles. The first-order valence-electron chi connectivity index (χ1n) is 5.49. The molecule has 1 N–H and O–H groups in total. The van der Waals surface area contributed by atoms with Crippen LogP contribution in [0.3, 0.4) is 0 Å². The molecule has 0 radical (unpaired) electrons. The molecule has 1 aromatic heterocycles. The molecule has 1 heterocycles. The van der Waals surface area contributed by atoms with Crippen LogP contribution >= 0.6 is 0 Å². The summed E-state index contributed by atoms with van der Waals surface area (Å²) >= 11 is 0. The van der Waals surface area contributed by atoms with Crippen molar-refractivity contribution in [2.24, 2.45) is 0 Å². The van der Waals surface area contributed by atoms with Crippen LogP contribution in [0.15, 0.2) is 24.4 Å². The van der Waals surface area contributed by atoms with Gasteiger partial charge in [0.05, 0.1) is 6.61 Å². The van der Waals surface area contributed by atoms with Gasteiger partial charge in [0.25, 0.3) is 0 Å². The Balaban J connectivity index is 2.33. The van der Waals surface area contributed by atoms with Crippen molar-refractivity contribution in [1.29, 1.82) is 0 Å². The Labute approximate surface area is 91.9 Å². The first kappa shape index (κ1) is 12.1. The van der Waals surface area contributed by atoms with Crippen LogP contribution in [0.25, 0.3) is 0 Å². The minimum absolute atomic E-state index is 0.432. The highest BCUT2D eigenvalue weighted by molar-refractivity contribution is 5.03. The van der Waals surface area contributed by atoms with Gasteiger partial charge in [0.1, 0.15) is 0 Å². The lowest BCUT2D eigenvalue weighted by Gasteiger charge is -2.16. The number of hydrogen-bond acceptors (Lipinski definition) is 3. The third-order valence-corrected chi connectivity index (χ3v) is 2.34. The van der Waals surface area contributed by atoms with E-state index >= 15 is 0 Å². The number of aromatic nitrogens is 1. The van der Waals surface area contributed by atoms with Crippen LogP contribution in [-0.4, -0.2) is 31.3 Å². The summed E-state index contributed by atoms with van der Waals surface area (Å²) in [4.78, 5) is 4.30. The molecule has 0 aliphatic heterocycles. The molecule has 15 heavy (non-hydrogen) atoms. The third-order valence-electron chi connectivity index (χ3n) is 2.34. The molecule has 1 aromatic rings. The summed E-state index contributed by atoms with van der Waals surface area (Å²) in [5.74, 6) is 0. The lowest BCUT2D eigenvalue weighted by Crippen LogP contribution is -2.33. The Kier molecular flexibility index (Phi) is 5.97. The SMILES string of the molecule is CCNC(CCc1ccccn1)COC. The van der Waals surface area contributed by atoms with Gasteiger partial charge in [-0.2, -0.15) is 0 Å². The maximum Gasteiger partial charge on any atom is 0.0615 e. The van der Waals surface area contributed by atoms with Gasteiger partial charge in [-0.25, -0.2) is 0 Å². The topological polar surface area (TPSA) is 34.2 Å². The molecular weight excluding hydrogens is 188 g/mol. The van der Waals surface area contributed by atoms with Crippen LogP contribution in [0.4, 0.5) is 0 Å². The standard InChI is InChI=1S/C12H20N2O/c1-3-13-12(10-15-2)8-7-11-6-4-5-9-14-11/h4-6,9,12-13H,3,7-8,10H2,1-2H3. The number of likely N-dealkylation sites (N-methyl/N-ethyl adjacent to an activating group) is 1. The second-order valence-corrected chi connectivity index (χ2v) is 3.57. The van der Waals surface area contributed by atoms with Crippen LogP contribution in [0.2, 0.25) is 0 Å². The zero-order valence-corrected chi connectivity index (χ0v) is 9.57. The van der Waals surface area contributed by atoms with Crippen molar-refractivity contribution >= 4 is 0 Å². The Morgan fingerprint density at radius 2 is 2.33 bits per heavy atom. The van der Waals surface area contributed by atoms with E-state index < -0.39 is 0 Å². The monoisotopic (exact) mass is 208 g/mol. The number of nitrogens with one attached hydrogen (secondary N) is 1. The molecule has 0 saturated carbocycles. The lowest BCUT2D eigenvalue weighted by atomic mass is 10.1. The maximum atomic E-state index is 5.16. The van der Waals surface area contributed by atoms with Gasteiger partial charge in [0, 0.05) is 25.0 Å². The second kappa shape index (κ2) is 7.37. The van der Waals surface area contributed by atoms with Gasteiger partial charge in [-0.15, -0.1) is 0 Å². The maximum absolute atomic E-state index is 5.16. The number of ether oxygens (including phenoxy) is 1. The van der Waals surface area contributed by atoms with Gasteiger partial charge in [-0.1, -0.05) is 13.0 Å². The van der Waals surface area contributed by atoms with E-state index in [4.69, 9.17) is 4.74 Å². The number of rotatable bonds is 7. The summed E-state index contributed by atoms with van der Waals surface area (Å²) < 4.78 is 5.16. The molecule has 0 aliphatic rings. The van der Waals surface area contributed by atoms with E-state index in [0.29, 0.717) is 6.04 Å². The fraction of sp³-hybridized carbons (Fsp3) is 0.583. The van der Waals surface area contributed by atoms with Gasteiger partial charge in [-0.3, -0.25) is 4.98 Å². The van der Waals surface area contributed by atoms with Crippen LogP contribution in [0.5, 0.6) is 0 Å². The lowest BCUT2D eigenvalue weighted by molar-refractivity contribution is 0.163. The van der Waals surface area contributed by atoms with E-state index in [9.17, 15) is 0 Å².